The summed E-state index contributed by atoms with van der Waals surface area (Å²) in [5.74, 6) is 2.09. The minimum absolute atomic E-state index is 0.738. The molecule has 0 radical (unpaired) electrons. The second-order valence-electron chi connectivity index (χ2n) is 6.04. The highest BCUT2D eigenvalue weighted by atomic mass is 16.5. The van der Waals surface area contributed by atoms with E-state index < -0.39 is 0 Å². The summed E-state index contributed by atoms with van der Waals surface area (Å²) in [7, 11) is 0. The average molecular weight is 277 g/mol. The van der Waals surface area contributed by atoms with E-state index in [1.807, 2.05) is 0 Å². The molecule has 20 heavy (non-hydrogen) atoms. The number of rotatable bonds is 8. The van der Waals surface area contributed by atoms with E-state index in [4.69, 9.17) is 9.72 Å². The highest BCUT2D eigenvalue weighted by molar-refractivity contribution is 5.24. The van der Waals surface area contributed by atoms with Crippen LogP contribution in [-0.4, -0.2) is 29.3 Å². The first kappa shape index (κ1) is 14.1. The van der Waals surface area contributed by atoms with Gasteiger partial charge in [0, 0.05) is 50.9 Å². The Morgan fingerprint density at radius 1 is 1.30 bits per heavy atom. The van der Waals surface area contributed by atoms with E-state index in [1.54, 1.807) is 0 Å². The third-order valence-electron chi connectivity index (χ3n) is 4.27. The van der Waals surface area contributed by atoms with Crippen LogP contribution in [0.3, 0.4) is 0 Å². The molecule has 0 amide bonds. The molecule has 1 saturated carbocycles. The number of aromatic nitrogens is 2. The predicted octanol–water partition coefficient (Wildman–Crippen LogP) is 2.61. The number of hydrogen-bond acceptors (Lipinski definition) is 3. The van der Waals surface area contributed by atoms with E-state index in [1.165, 1.54) is 42.9 Å². The van der Waals surface area contributed by atoms with Crippen LogP contribution in [0.5, 0.6) is 0 Å². The summed E-state index contributed by atoms with van der Waals surface area (Å²) in [5.41, 5.74) is 2.78. The number of nitrogens with zero attached hydrogens (tertiary/aromatic N) is 2. The molecular weight excluding hydrogens is 250 g/mol. The fourth-order valence-electron chi connectivity index (χ4n) is 2.97. The van der Waals surface area contributed by atoms with Gasteiger partial charge in [-0.1, -0.05) is 13.3 Å². The van der Waals surface area contributed by atoms with Gasteiger partial charge in [-0.2, -0.15) is 0 Å². The summed E-state index contributed by atoms with van der Waals surface area (Å²) in [6, 6.07) is 0. The Labute approximate surface area is 121 Å². The maximum absolute atomic E-state index is 5.69. The summed E-state index contributed by atoms with van der Waals surface area (Å²) in [4.78, 5) is 4.90. The number of unbranched alkanes of at least 4 members (excludes halogenated alkanes) is 1. The Kier molecular flexibility index (Phi) is 4.73. The van der Waals surface area contributed by atoms with Crippen LogP contribution in [0.4, 0.5) is 0 Å². The highest BCUT2D eigenvalue weighted by Gasteiger charge is 2.31. The van der Waals surface area contributed by atoms with Crippen molar-refractivity contribution in [2.75, 3.05) is 19.8 Å². The third-order valence-corrected chi connectivity index (χ3v) is 4.27. The van der Waals surface area contributed by atoms with Crippen molar-refractivity contribution in [3.63, 3.8) is 0 Å². The minimum Gasteiger partial charge on any atom is -0.381 e. The Morgan fingerprint density at radius 3 is 2.95 bits per heavy atom. The monoisotopic (exact) mass is 277 g/mol. The molecule has 0 spiro atoms. The maximum Gasteiger partial charge on any atom is 0.112 e. The lowest BCUT2D eigenvalue weighted by Gasteiger charge is -2.16. The number of hydrogen-bond donors (Lipinski definition) is 1. The van der Waals surface area contributed by atoms with E-state index in [-0.39, 0.29) is 0 Å². The van der Waals surface area contributed by atoms with Gasteiger partial charge < -0.3 is 14.6 Å². The number of ether oxygens (including phenoxy) is 1. The lowest BCUT2D eigenvalue weighted by Crippen LogP contribution is -2.25. The predicted molar refractivity (Wildman–Crippen MR) is 80.0 cm³/mol. The number of nitrogens with one attached hydrogen (secondary N) is 1. The first-order valence-corrected chi connectivity index (χ1v) is 8.26. The van der Waals surface area contributed by atoms with Gasteiger partial charge in [-0.05, 0) is 25.7 Å². The molecule has 1 aromatic rings. The van der Waals surface area contributed by atoms with Crippen molar-refractivity contribution in [3.05, 3.63) is 17.2 Å². The quantitative estimate of drug-likeness (QED) is 0.742. The Balaban J connectivity index is 1.58. The summed E-state index contributed by atoms with van der Waals surface area (Å²) in [6.45, 7) is 7.13. The molecule has 1 aromatic heterocycles. The van der Waals surface area contributed by atoms with Crippen molar-refractivity contribution in [2.45, 2.75) is 64.5 Å². The van der Waals surface area contributed by atoms with Crippen molar-refractivity contribution in [1.29, 1.82) is 0 Å². The van der Waals surface area contributed by atoms with Gasteiger partial charge >= 0.3 is 0 Å². The van der Waals surface area contributed by atoms with E-state index in [9.17, 15) is 0 Å². The van der Waals surface area contributed by atoms with Crippen molar-refractivity contribution in [2.24, 2.45) is 0 Å². The molecule has 0 saturated heterocycles. The van der Waals surface area contributed by atoms with E-state index in [0.717, 1.165) is 51.6 Å². The van der Waals surface area contributed by atoms with Gasteiger partial charge in [-0.3, -0.25) is 0 Å². The van der Waals surface area contributed by atoms with Gasteiger partial charge in [0.15, 0.2) is 0 Å². The summed E-state index contributed by atoms with van der Waals surface area (Å²) in [5, 5.41) is 3.43. The zero-order chi connectivity index (χ0) is 13.8. The standard InChI is InChI=1S/C16H27N3O/c1-2-3-10-20-11-4-9-19-15-7-8-17-12-14(15)18-16(19)13-5-6-13/h13,17H,2-12H2,1H3. The molecule has 1 N–H and O–H groups in total. The zero-order valence-corrected chi connectivity index (χ0v) is 12.7. The molecule has 1 fully saturated rings. The normalized spacial score (nSPS) is 18.2. The van der Waals surface area contributed by atoms with Gasteiger partial charge in [0.05, 0.1) is 5.69 Å². The molecule has 0 aromatic carbocycles. The fourth-order valence-corrected chi connectivity index (χ4v) is 2.97. The first-order valence-electron chi connectivity index (χ1n) is 8.26. The van der Waals surface area contributed by atoms with Gasteiger partial charge in [0.2, 0.25) is 0 Å². The molecule has 4 heteroatoms. The van der Waals surface area contributed by atoms with Gasteiger partial charge in [0.1, 0.15) is 5.82 Å². The third kappa shape index (κ3) is 3.23. The lowest BCUT2D eigenvalue weighted by molar-refractivity contribution is 0.125. The summed E-state index contributed by atoms with van der Waals surface area (Å²) >= 11 is 0. The van der Waals surface area contributed by atoms with Gasteiger partial charge in [-0.15, -0.1) is 0 Å². The molecule has 1 aliphatic heterocycles. The van der Waals surface area contributed by atoms with Gasteiger partial charge in [0.25, 0.3) is 0 Å². The van der Waals surface area contributed by atoms with Crippen LogP contribution in [-0.2, 0) is 24.2 Å². The highest BCUT2D eigenvalue weighted by Crippen LogP contribution is 2.40. The first-order chi connectivity index (χ1) is 9.90. The minimum atomic E-state index is 0.738. The van der Waals surface area contributed by atoms with Crippen molar-refractivity contribution in [3.8, 4) is 0 Å². The molecule has 2 aliphatic rings. The molecular formula is C16H27N3O. The molecule has 112 valence electrons. The van der Waals surface area contributed by atoms with Crippen LogP contribution in [0.2, 0.25) is 0 Å². The molecule has 2 heterocycles. The van der Waals surface area contributed by atoms with E-state index >= 15 is 0 Å². The molecule has 0 bridgehead atoms. The topological polar surface area (TPSA) is 39.1 Å². The molecule has 4 nitrogen and oxygen atoms in total. The maximum atomic E-state index is 5.69. The number of imidazole rings is 1. The van der Waals surface area contributed by atoms with Crippen LogP contribution in [0, 0.1) is 0 Å². The molecule has 1 aliphatic carbocycles. The Bertz CT molecular complexity index is 437. The summed E-state index contributed by atoms with van der Waals surface area (Å²) < 4.78 is 8.20. The van der Waals surface area contributed by atoms with Crippen molar-refractivity contribution in [1.82, 2.24) is 14.9 Å². The summed E-state index contributed by atoms with van der Waals surface area (Å²) in [6.07, 6.45) is 7.30. The average Bonchev–Trinajstić information content (AvgIpc) is 3.25. The van der Waals surface area contributed by atoms with E-state index in [0.29, 0.717) is 0 Å². The van der Waals surface area contributed by atoms with Crippen LogP contribution in [0.15, 0.2) is 0 Å². The van der Waals surface area contributed by atoms with Gasteiger partial charge in [-0.25, -0.2) is 4.98 Å². The lowest BCUT2D eigenvalue weighted by atomic mass is 10.2. The smallest absolute Gasteiger partial charge is 0.112 e. The van der Waals surface area contributed by atoms with Crippen LogP contribution in [0.25, 0.3) is 0 Å². The van der Waals surface area contributed by atoms with E-state index in [2.05, 4.69) is 16.8 Å². The Morgan fingerprint density at radius 2 is 2.15 bits per heavy atom. The molecule has 0 atom stereocenters. The Hall–Kier alpha value is -0.870. The van der Waals surface area contributed by atoms with Crippen LogP contribution >= 0.6 is 0 Å². The molecule has 3 rings (SSSR count). The van der Waals surface area contributed by atoms with Crippen molar-refractivity contribution >= 4 is 0 Å². The second kappa shape index (κ2) is 6.72. The fraction of sp³-hybridized carbons (Fsp3) is 0.812. The van der Waals surface area contributed by atoms with Crippen LogP contribution < -0.4 is 5.32 Å². The van der Waals surface area contributed by atoms with Crippen molar-refractivity contribution < 1.29 is 4.74 Å². The largest absolute Gasteiger partial charge is 0.381 e. The number of fused-ring (bicyclic) bond motifs is 1. The zero-order valence-electron chi connectivity index (χ0n) is 12.7. The molecule has 0 unspecified atom stereocenters. The van der Waals surface area contributed by atoms with Crippen LogP contribution in [0.1, 0.15) is 62.2 Å². The SMILES string of the molecule is CCCCOCCCn1c(C2CC2)nc2c1CCNC2. The second-order valence-corrected chi connectivity index (χ2v) is 6.04.